The lowest BCUT2D eigenvalue weighted by Crippen LogP contribution is -2.34. The maximum absolute atomic E-state index is 11.2. The molecule has 0 radical (unpaired) electrons. The fourth-order valence-electron chi connectivity index (χ4n) is 3.09. The standard InChI is InChI=1S/C17H24O.2C2H6/c1-6-12-9-14-15(10-13(12)11-18)17(4,5)8-7-16(14,2)3;2*1-2/h9-11H,6-8H2,1-5H3;2*1-2H3. The minimum atomic E-state index is 0.189. The normalized spacial score (nSPS) is 17.1. The van der Waals surface area contributed by atoms with Crippen molar-refractivity contribution in [2.24, 2.45) is 0 Å². The number of fused-ring (bicyclic) bond motifs is 1. The summed E-state index contributed by atoms with van der Waals surface area (Å²) in [5, 5.41) is 0. The highest BCUT2D eigenvalue weighted by atomic mass is 16.1. The Bertz CT molecular complexity index is 481. The Labute approximate surface area is 138 Å². The van der Waals surface area contributed by atoms with E-state index < -0.39 is 0 Å². The highest BCUT2D eigenvalue weighted by Gasteiger charge is 2.37. The fraction of sp³-hybridized carbons (Fsp3) is 0.667. The molecule has 1 heteroatoms. The molecule has 0 saturated carbocycles. The summed E-state index contributed by atoms with van der Waals surface area (Å²) in [6.07, 6.45) is 4.35. The molecule has 0 bridgehead atoms. The third-order valence-corrected chi connectivity index (χ3v) is 4.62. The summed E-state index contributed by atoms with van der Waals surface area (Å²) in [6.45, 7) is 19.3. The van der Waals surface area contributed by atoms with E-state index in [2.05, 4.69) is 46.8 Å². The van der Waals surface area contributed by atoms with Crippen molar-refractivity contribution in [2.75, 3.05) is 0 Å². The Kier molecular flexibility index (Phi) is 8.07. The Morgan fingerprint density at radius 1 is 0.909 bits per heavy atom. The summed E-state index contributed by atoms with van der Waals surface area (Å²) in [5.74, 6) is 0. The molecule has 0 fully saturated rings. The second kappa shape index (κ2) is 8.50. The molecular formula is C21H36O. The fourth-order valence-corrected chi connectivity index (χ4v) is 3.09. The van der Waals surface area contributed by atoms with E-state index in [9.17, 15) is 4.79 Å². The molecule has 0 heterocycles. The van der Waals surface area contributed by atoms with Crippen LogP contribution in [0.4, 0.5) is 0 Å². The van der Waals surface area contributed by atoms with Crippen LogP contribution in [0.1, 0.15) is 102 Å². The summed E-state index contributed by atoms with van der Waals surface area (Å²) < 4.78 is 0. The highest BCUT2D eigenvalue weighted by Crippen LogP contribution is 2.46. The van der Waals surface area contributed by atoms with Crippen molar-refractivity contribution in [3.05, 3.63) is 34.4 Å². The van der Waals surface area contributed by atoms with Crippen molar-refractivity contribution >= 4 is 6.29 Å². The molecule has 1 aliphatic rings. The highest BCUT2D eigenvalue weighted by molar-refractivity contribution is 5.78. The minimum Gasteiger partial charge on any atom is -0.298 e. The van der Waals surface area contributed by atoms with Crippen molar-refractivity contribution < 1.29 is 4.79 Å². The Hall–Kier alpha value is -1.11. The Morgan fingerprint density at radius 3 is 1.68 bits per heavy atom. The number of aldehydes is 1. The van der Waals surface area contributed by atoms with Gasteiger partial charge in [0.2, 0.25) is 0 Å². The number of benzene rings is 1. The lowest BCUT2D eigenvalue weighted by molar-refractivity contribution is 0.112. The van der Waals surface area contributed by atoms with Crippen molar-refractivity contribution in [1.82, 2.24) is 0 Å². The monoisotopic (exact) mass is 304 g/mol. The molecular weight excluding hydrogens is 268 g/mol. The van der Waals surface area contributed by atoms with E-state index in [0.717, 1.165) is 18.3 Å². The maximum Gasteiger partial charge on any atom is 0.150 e. The molecule has 1 aromatic carbocycles. The smallest absolute Gasteiger partial charge is 0.150 e. The van der Waals surface area contributed by atoms with Gasteiger partial charge in [-0.1, -0.05) is 68.4 Å². The van der Waals surface area contributed by atoms with Crippen molar-refractivity contribution in [3.63, 3.8) is 0 Å². The number of rotatable bonds is 2. The number of carbonyl (C=O) groups excluding carboxylic acids is 1. The van der Waals surface area contributed by atoms with Crippen molar-refractivity contribution in [3.8, 4) is 0 Å². The molecule has 1 aliphatic carbocycles. The summed E-state index contributed by atoms with van der Waals surface area (Å²) >= 11 is 0. The van der Waals surface area contributed by atoms with Crippen LogP contribution in [0.2, 0.25) is 0 Å². The molecule has 22 heavy (non-hydrogen) atoms. The van der Waals surface area contributed by atoms with Gasteiger partial charge in [-0.05, 0) is 52.8 Å². The Balaban J connectivity index is 0.00000102. The predicted molar refractivity (Wildman–Crippen MR) is 99.2 cm³/mol. The van der Waals surface area contributed by atoms with Crippen LogP contribution in [-0.4, -0.2) is 6.29 Å². The zero-order chi connectivity index (χ0) is 17.6. The number of carbonyl (C=O) groups is 1. The molecule has 1 nitrogen and oxygen atoms in total. The van der Waals surface area contributed by atoms with Gasteiger partial charge in [0, 0.05) is 5.56 Å². The second-order valence-corrected chi connectivity index (χ2v) is 6.84. The van der Waals surface area contributed by atoms with E-state index in [1.54, 1.807) is 0 Å². The third kappa shape index (κ3) is 4.21. The molecule has 0 atom stereocenters. The lowest BCUT2D eigenvalue weighted by Gasteiger charge is -2.42. The SMILES string of the molecule is CC.CC.CCc1cc2c(cc1C=O)C(C)(C)CCC2(C)C. The number of hydrogen-bond donors (Lipinski definition) is 0. The summed E-state index contributed by atoms with van der Waals surface area (Å²) in [6, 6.07) is 4.42. The van der Waals surface area contributed by atoms with E-state index in [4.69, 9.17) is 0 Å². The average Bonchev–Trinajstić information content (AvgIpc) is 2.54. The largest absolute Gasteiger partial charge is 0.298 e. The van der Waals surface area contributed by atoms with Gasteiger partial charge in [-0.2, -0.15) is 0 Å². The van der Waals surface area contributed by atoms with Gasteiger partial charge in [0.05, 0.1) is 0 Å². The predicted octanol–water partition coefficient (Wildman–Crippen LogP) is 6.46. The van der Waals surface area contributed by atoms with E-state index in [1.807, 2.05) is 27.7 Å². The molecule has 0 N–H and O–H groups in total. The summed E-state index contributed by atoms with van der Waals surface area (Å²) in [4.78, 5) is 11.2. The van der Waals surface area contributed by atoms with Crippen molar-refractivity contribution in [2.45, 2.75) is 92.4 Å². The summed E-state index contributed by atoms with van der Waals surface area (Å²) in [5.41, 5.74) is 5.31. The van der Waals surface area contributed by atoms with Gasteiger partial charge in [0.1, 0.15) is 6.29 Å². The summed E-state index contributed by atoms with van der Waals surface area (Å²) in [7, 11) is 0. The van der Waals surface area contributed by atoms with Crippen LogP contribution >= 0.6 is 0 Å². The van der Waals surface area contributed by atoms with Gasteiger partial charge in [-0.15, -0.1) is 0 Å². The van der Waals surface area contributed by atoms with Gasteiger partial charge >= 0.3 is 0 Å². The van der Waals surface area contributed by atoms with Gasteiger partial charge in [0.25, 0.3) is 0 Å². The van der Waals surface area contributed by atoms with Crippen LogP contribution in [-0.2, 0) is 17.3 Å². The molecule has 0 spiro atoms. The van der Waals surface area contributed by atoms with Crippen LogP contribution < -0.4 is 0 Å². The number of aryl methyl sites for hydroxylation is 1. The minimum absolute atomic E-state index is 0.189. The average molecular weight is 305 g/mol. The van der Waals surface area contributed by atoms with E-state index >= 15 is 0 Å². The third-order valence-electron chi connectivity index (χ3n) is 4.62. The zero-order valence-corrected chi connectivity index (χ0v) is 16.3. The van der Waals surface area contributed by atoms with Gasteiger partial charge in [-0.25, -0.2) is 0 Å². The molecule has 0 unspecified atom stereocenters. The van der Waals surface area contributed by atoms with Gasteiger partial charge in [0.15, 0.2) is 0 Å². The Morgan fingerprint density at radius 2 is 1.32 bits per heavy atom. The van der Waals surface area contributed by atoms with Gasteiger partial charge in [-0.3, -0.25) is 4.79 Å². The number of hydrogen-bond acceptors (Lipinski definition) is 1. The molecule has 0 aromatic heterocycles. The molecule has 2 rings (SSSR count). The topological polar surface area (TPSA) is 17.1 Å². The molecule has 0 saturated heterocycles. The van der Waals surface area contributed by atoms with Crippen molar-refractivity contribution in [1.29, 1.82) is 0 Å². The maximum atomic E-state index is 11.2. The van der Waals surface area contributed by atoms with Crippen LogP contribution in [0, 0.1) is 0 Å². The molecule has 0 aliphatic heterocycles. The second-order valence-electron chi connectivity index (χ2n) is 6.84. The molecule has 126 valence electrons. The van der Waals surface area contributed by atoms with Crippen LogP contribution in [0.3, 0.4) is 0 Å². The van der Waals surface area contributed by atoms with E-state index in [-0.39, 0.29) is 10.8 Å². The van der Waals surface area contributed by atoms with Crippen LogP contribution in [0.25, 0.3) is 0 Å². The van der Waals surface area contributed by atoms with E-state index in [1.165, 1.54) is 29.5 Å². The first kappa shape index (κ1) is 20.9. The zero-order valence-electron chi connectivity index (χ0n) is 16.3. The van der Waals surface area contributed by atoms with Crippen LogP contribution in [0.15, 0.2) is 12.1 Å². The molecule has 1 aromatic rings. The first-order chi connectivity index (χ1) is 10.3. The first-order valence-corrected chi connectivity index (χ1v) is 8.95. The lowest BCUT2D eigenvalue weighted by atomic mass is 9.62. The van der Waals surface area contributed by atoms with E-state index in [0.29, 0.717) is 0 Å². The molecule has 0 amide bonds. The van der Waals surface area contributed by atoms with Crippen LogP contribution in [0.5, 0.6) is 0 Å². The van der Waals surface area contributed by atoms with Gasteiger partial charge < -0.3 is 0 Å². The quantitative estimate of drug-likeness (QED) is 0.573. The first-order valence-electron chi connectivity index (χ1n) is 8.95.